The molecule has 0 radical (unpaired) electrons. The van der Waals surface area contributed by atoms with Crippen molar-refractivity contribution in [3.63, 3.8) is 0 Å². The Morgan fingerprint density at radius 2 is 1.54 bits per heavy atom. The SMILES string of the molecule is O=C(Nc1ccc(S(=O)(=O)Nc2ncccn2)cc1)c1ccc(Br)cc1. The topological polar surface area (TPSA) is 101 Å². The van der Waals surface area contributed by atoms with Crippen LogP contribution < -0.4 is 10.0 Å². The molecule has 7 nitrogen and oxygen atoms in total. The number of halogens is 1. The molecular formula is C17H13BrN4O3S. The van der Waals surface area contributed by atoms with Crippen LogP contribution in [0.5, 0.6) is 0 Å². The summed E-state index contributed by atoms with van der Waals surface area (Å²) in [7, 11) is -3.81. The van der Waals surface area contributed by atoms with Gasteiger partial charge in [0, 0.05) is 28.1 Å². The van der Waals surface area contributed by atoms with Crippen LogP contribution in [0.2, 0.25) is 0 Å². The molecule has 0 unspecified atom stereocenters. The molecule has 132 valence electrons. The van der Waals surface area contributed by atoms with Crippen LogP contribution in [0, 0.1) is 0 Å². The summed E-state index contributed by atoms with van der Waals surface area (Å²) in [5.41, 5.74) is 0.973. The third-order valence-electron chi connectivity index (χ3n) is 3.32. The van der Waals surface area contributed by atoms with Gasteiger partial charge < -0.3 is 5.32 Å². The first-order chi connectivity index (χ1) is 12.4. The van der Waals surface area contributed by atoms with Crippen LogP contribution in [0.15, 0.2) is 76.4 Å². The molecule has 0 fully saturated rings. The van der Waals surface area contributed by atoms with Crippen LogP contribution in [0.25, 0.3) is 0 Å². The van der Waals surface area contributed by atoms with Gasteiger partial charge in [0.15, 0.2) is 0 Å². The maximum Gasteiger partial charge on any atom is 0.264 e. The molecule has 2 N–H and O–H groups in total. The number of nitrogens with one attached hydrogen (secondary N) is 2. The zero-order valence-electron chi connectivity index (χ0n) is 13.3. The minimum Gasteiger partial charge on any atom is -0.322 e. The van der Waals surface area contributed by atoms with E-state index in [-0.39, 0.29) is 16.8 Å². The summed E-state index contributed by atoms with van der Waals surface area (Å²) in [6, 6.07) is 14.3. The lowest BCUT2D eigenvalue weighted by Gasteiger charge is -2.08. The highest BCUT2D eigenvalue weighted by atomic mass is 79.9. The summed E-state index contributed by atoms with van der Waals surface area (Å²) in [5, 5.41) is 2.71. The van der Waals surface area contributed by atoms with E-state index in [4.69, 9.17) is 0 Å². The zero-order chi connectivity index (χ0) is 18.6. The van der Waals surface area contributed by atoms with Crippen molar-refractivity contribution in [1.29, 1.82) is 0 Å². The first-order valence-corrected chi connectivity index (χ1v) is 9.68. The van der Waals surface area contributed by atoms with E-state index in [1.807, 2.05) is 0 Å². The third-order valence-corrected chi connectivity index (χ3v) is 5.19. The first kappa shape index (κ1) is 18.0. The van der Waals surface area contributed by atoms with Crippen molar-refractivity contribution in [3.05, 3.63) is 77.0 Å². The highest BCUT2D eigenvalue weighted by molar-refractivity contribution is 9.10. The van der Waals surface area contributed by atoms with Crippen molar-refractivity contribution in [3.8, 4) is 0 Å². The van der Waals surface area contributed by atoms with E-state index in [9.17, 15) is 13.2 Å². The van der Waals surface area contributed by atoms with Crippen LogP contribution in [0.3, 0.4) is 0 Å². The van der Waals surface area contributed by atoms with Crippen LogP contribution in [-0.4, -0.2) is 24.3 Å². The molecule has 1 aromatic heterocycles. The van der Waals surface area contributed by atoms with Crippen LogP contribution >= 0.6 is 15.9 Å². The second-order valence-electron chi connectivity index (χ2n) is 5.16. The standard InChI is InChI=1S/C17H13BrN4O3S/c18-13-4-2-12(3-5-13)16(23)21-14-6-8-15(9-7-14)26(24,25)22-17-19-10-1-11-20-17/h1-11H,(H,21,23)(H,19,20,22). The maximum atomic E-state index is 12.3. The summed E-state index contributed by atoms with van der Waals surface area (Å²) < 4.78 is 27.8. The van der Waals surface area contributed by atoms with Crippen LogP contribution in [-0.2, 0) is 10.0 Å². The number of amides is 1. The fourth-order valence-electron chi connectivity index (χ4n) is 2.05. The average Bonchev–Trinajstić information content (AvgIpc) is 2.63. The molecule has 3 aromatic rings. The highest BCUT2D eigenvalue weighted by Gasteiger charge is 2.15. The van der Waals surface area contributed by atoms with Gasteiger partial charge in [-0.25, -0.2) is 23.1 Å². The van der Waals surface area contributed by atoms with Gasteiger partial charge in [0.05, 0.1) is 4.90 Å². The number of aromatic nitrogens is 2. The van der Waals surface area contributed by atoms with E-state index in [2.05, 4.69) is 35.9 Å². The van der Waals surface area contributed by atoms with E-state index in [1.54, 1.807) is 30.3 Å². The van der Waals surface area contributed by atoms with Crippen LogP contribution in [0.1, 0.15) is 10.4 Å². The summed E-state index contributed by atoms with van der Waals surface area (Å²) in [6.45, 7) is 0. The predicted molar refractivity (Wildman–Crippen MR) is 101 cm³/mol. The molecule has 1 heterocycles. The molecule has 0 aliphatic carbocycles. The molecule has 0 spiro atoms. The maximum absolute atomic E-state index is 12.3. The van der Waals surface area contributed by atoms with Gasteiger partial charge >= 0.3 is 0 Å². The Labute approximate surface area is 158 Å². The monoisotopic (exact) mass is 432 g/mol. The number of benzene rings is 2. The highest BCUT2D eigenvalue weighted by Crippen LogP contribution is 2.17. The van der Waals surface area contributed by atoms with Crippen molar-refractivity contribution >= 4 is 43.5 Å². The summed E-state index contributed by atoms with van der Waals surface area (Å²) in [5.74, 6) is -0.302. The molecule has 0 saturated carbocycles. The number of hydrogen-bond donors (Lipinski definition) is 2. The number of rotatable bonds is 5. The Kier molecular flexibility index (Phi) is 5.29. The number of sulfonamides is 1. The van der Waals surface area contributed by atoms with Gasteiger partial charge in [-0.1, -0.05) is 15.9 Å². The predicted octanol–water partition coefficient (Wildman–Crippen LogP) is 3.29. The van der Waals surface area contributed by atoms with Gasteiger partial charge in [0.25, 0.3) is 15.9 Å². The second kappa shape index (κ2) is 7.63. The van der Waals surface area contributed by atoms with E-state index >= 15 is 0 Å². The average molecular weight is 433 g/mol. The lowest BCUT2D eigenvalue weighted by molar-refractivity contribution is 0.102. The molecule has 0 atom stereocenters. The fraction of sp³-hybridized carbons (Fsp3) is 0. The molecule has 0 aliphatic rings. The fourth-order valence-corrected chi connectivity index (χ4v) is 3.28. The van der Waals surface area contributed by atoms with E-state index in [0.717, 1.165) is 4.47 Å². The lowest BCUT2D eigenvalue weighted by Crippen LogP contribution is -2.15. The van der Waals surface area contributed by atoms with Gasteiger partial charge in [-0.3, -0.25) is 4.79 Å². The van der Waals surface area contributed by atoms with Crippen molar-refractivity contribution in [2.45, 2.75) is 4.90 Å². The molecule has 1 amide bonds. The summed E-state index contributed by atoms with van der Waals surface area (Å²) >= 11 is 3.31. The van der Waals surface area contributed by atoms with Gasteiger partial charge in [-0.05, 0) is 54.6 Å². The number of carbonyl (C=O) groups is 1. The van der Waals surface area contributed by atoms with Gasteiger partial charge in [0.1, 0.15) is 0 Å². The van der Waals surface area contributed by atoms with E-state index in [1.165, 1.54) is 36.7 Å². The van der Waals surface area contributed by atoms with Crippen molar-refractivity contribution in [2.75, 3.05) is 10.0 Å². The molecule has 9 heteroatoms. The number of anilines is 2. The smallest absolute Gasteiger partial charge is 0.264 e. The summed E-state index contributed by atoms with van der Waals surface area (Å²) in [4.78, 5) is 19.9. The molecule has 2 aromatic carbocycles. The third kappa shape index (κ3) is 4.44. The molecule has 3 rings (SSSR count). The largest absolute Gasteiger partial charge is 0.322 e. The first-order valence-electron chi connectivity index (χ1n) is 7.41. The Bertz CT molecular complexity index is 1010. The zero-order valence-corrected chi connectivity index (χ0v) is 15.7. The van der Waals surface area contributed by atoms with Crippen molar-refractivity contribution < 1.29 is 13.2 Å². The number of hydrogen-bond acceptors (Lipinski definition) is 5. The number of carbonyl (C=O) groups excluding carboxylic acids is 1. The molecular weight excluding hydrogens is 420 g/mol. The van der Waals surface area contributed by atoms with E-state index < -0.39 is 10.0 Å². The van der Waals surface area contributed by atoms with Crippen molar-refractivity contribution in [1.82, 2.24) is 9.97 Å². The summed E-state index contributed by atoms with van der Waals surface area (Å²) in [6.07, 6.45) is 2.87. The number of nitrogens with zero attached hydrogens (tertiary/aromatic N) is 2. The Hall–Kier alpha value is -2.78. The van der Waals surface area contributed by atoms with Gasteiger partial charge in [-0.15, -0.1) is 0 Å². The molecule has 0 saturated heterocycles. The Morgan fingerprint density at radius 3 is 2.15 bits per heavy atom. The lowest BCUT2D eigenvalue weighted by atomic mass is 10.2. The molecule has 0 bridgehead atoms. The second-order valence-corrected chi connectivity index (χ2v) is 7.76. The van der Waals surface area contributed by atoms with Crippen LogP contribution in [0.4, 0.5) is 11.6 Å². The van der Waals surface area contributed by atoms with Gasteiger partial charge in [-0.2, -0.15) is 0 Å². The van der Waals surface area contributed by atoms with E-state index in [0.29, 0.717) is 11.3 Å². The molecule has 0 aliphatic heterocycles. The van der Waals surface area contributed by atoms with Gasteiger partial charge in [0.2, 0.25) is 5.95 Å². The quantitative estimate of drug-likeness (QED) is 0.643. The molecule has 26 heavy (non-hydrogen) atoms. The minimum atomic E-state index is -3.81. The Morgan fingerprint density at radius 1 is 0.923 bits per heavy atom. The van der Waals surface area contributed by atoms with Crippen molar-refractivity contribution in [2.24, 2.45) is 0 Å². The minimum absolute atomic E-state index is 0.0138. The normalized spacial score (nSPS) is 11.0. The Balaban J connectivity index is 1.71.